The van der Waals surface area contributed by atoms with Gasteiger partial charge in [0.05, 0.1) is 17.6 Å². The summed E-state index contributed by atoms with van der Waals surface area (Å²) in [6, 6.07) is 8.46. The molecule has 1 unspecified atom stereocenters. The van der Waals surface area contributed by atoms with E-state index in [0.29, 0.717) is 5.92 Å². The van der Waals surface area contributed by atoms with E-state index in [2.05, 4.69) is 40.8 Å². The number of para-hydroxylation sites is 2. The summed E-state index contributed by atoms with van der Waals surface area (Å²) < 4.78 is 7.79. The van der Waals surface area contributed by atoms with Crippen LogP contribution in [0.1, 0.15) is 31.0 Å². The molecule has 1 atom stereocenters. The molecule has 0 spiro atoms. The van der Waals surface area contributed by atoms with Crippen molar-refractivity contribution in [3.05, 3.63) is 30.1 Å². The van der Waals surface area contributed by atoms with E-state index in [1.807, 2.05) is 0 Å². The topological polar surface area (TPSA) is 30.3 Å². The Hall–Kier alpha value is -1.39. The highest BCUT2D eigenvalue weighted by Gasteiger charge is 2.26. The van der Waals surface area contributed by atoms with Gasteiger partial charge in [0.15, 0.2) is 0 Å². The smallest absolute Gasteiger partial charge is 0.112 e. The van der Waals surface area contributed by atoms with Gasteiger partial charge in [0, 0.05) is 26.1 Å². The summed E-state index contributed by atoms with van der Waals surface area (Å²) in [5.74, 6) is 2.63. The molecule has 2 saturated heterocycles. The first-order valence-corrected chi connectivity index (χ1v) is 8.52. The van der Waals surface area contributed by atoms with Crippen LogP contribution in [0.3, 0.4) is 0 Å². The third kappa shape index (κ3) is 2.66. The lowest BCUT2D eigenvalue weighted by Crippen LogP contribution is -2.37. The van der Waals surface area contributed by atoms with Gasteiger partial charge < -0.3 is 14.2 Å². The minimum absolute atomic E-state index is 0.605. The molecule has 4 nitrogen and oxygen atoms in total. The molecule has 2 fully saturated rings. The van der Waals surface area contributed by atoms with Gasteiger partial charge in [0.25, 0.3) is 0 Å². The third-order valence-electron chi connectivity index (χ3n) is 5.31. The minimum atomic E-state index is 0.605. The molecule has 2 aliphatic rings. The lowest BCUT2D eigenvalue weighted by Gasteiger charge is -2.33. The molecule has 0 radical (unpaired) electrons. The standard InChI is InChI=1S/C18H25N3O/c1-20-17-5-3-2-4-16(17)19-18(20)15-6-9-21(10-7-15)12-14-8-11-22-13-14/h2-5,14-15H,6-13H2,1H3. The fraction of sp³-hybridized carbons (Fsp3) is 0.611. The Morgan fingerprint density at radius 2 is 2.00 bits per heavy atom. The fourth-order valence-corrected chi connectivity index (χ4v) is 4.00. The van der Waals surface area contributed by atoms with E-state index in [1.165, 1.54) is 50.2 Å². The van der Waals surface area contributed by atoms with Gasteiger partial charge in [-0.3, -0.25) is 0 Å². The van der Waals surface area contributed by atoms with Gasteiger partial charge in [-0.2, -0.15) is 0 Å². The van der Waals surface area contributed by atoms with Crippen molar-refractivity contribution >= 4 is 11.0 Å². The summed E-state index contributed by atoms with van der Waals surface area (Å²) in [4.78, 5) is 7.51. The molecular formula is C18H25N3O. The molecule has 1 aromatic carbocycles. The van der Waals surface area contributed by atoms with Gasteiger partial charge in [0.1, 0.15) is 5.82 Å². The maximum absolute atomic E-state index is 5.50. The van der Waals surface area contributed by atoms with E-state index < -0.39 is 0 Å². The second-order valence-electron chi connectivity index (χ2n) is 6.82. The molecule has 2 aromatic rings. The molecule has 0 saturated carbocycles. The van der Waals surface area contributed by atoms with Gasteiger partial charge in [-0.1, -0.05) is 12.1 Å². The van der Waals surface area contributed by atoms with Crippen LogP contribution in [0, 0.1) is 5.92 Å². The lowest BCUT2D eigenvalue weighted by molar-refractivity contribution is 0.151. The highest BCUT2D eigenvalue weighted by Crippen LogP contribution is 2.30. The Morgan fingerprint density at radius 1 is 1.18 bits per heavy atom. The number of aromatic nitrogens is 2. The fourth-order valence-electron chi connectivity index (χ4n) is 4.00. The molecule has 4 rings (SSSR count). The molecule has 3 heterocycles. The Kier molecular flexibility index (Phi) is 3.89. The number of rotatable bonds is 3. The SMILES string of the molecule is Cn1c(C2CCN(CC3CCOC3)CC2)nc2ccccc21. The van der Waals surface area contributed by atoms with Crippen molar-refractivity contribution < 1.29 is 4.74 Å². The molecule has 0 amide bonds. The van der Waals surface area contributed by atoms with E-state index in [9.17, 15) is 0 Å². The number of hydrogen-bond donors (Lipinski definition) is 0. The van der Waals surface area contributed by atoms with Crippen LogP contribution in [-0.4, -0.2) is 47.3 Å². The molecule has 0 N–H and O–H groups in total. The van der Waals surface area contributed by atoms with Crippen molar-refractivity contribution in [1.82, 2.24) is 14.5 Å². The summed E-state index contributed by atoms with van der Waals surface area (Å²) in [5, 5.41) is 0. The molecule has 2 aliphatic heterocycles. The van der Waals surface area contributed by atoms with Crippen molar-refractivity contribution in [2.24, 2.45) is 13.0 Å². The molecular weight excluding hydrogens is 274 g/mol. The van der Waals surface area contributed by atoms with Crippen molar-refractivity contribution in [3.63, 3.8) is 0 Å². The molecule has 118 valence electrons. The first kappa shape index (κ1) is 14.2. The minimum Gasteiger partial charge on any atom is -0.381 e. The van der Waals surface area contributed by atoms with Crippen LogP contribution in [0.5, 0.6) is 0 Å². The number of nitrogens with zero attached hydrogens (tertiary/aromatic N) is 3. The number of imidazole rings is 1. The van der Waals surface area contributed by atoms with E-state index >= 15 is 0 Å². The van der Waals surface area contributed by atoms with E-state index in [-0.39, 0.29) is 0 Å². The van der Waals surface area contributed by atoms with E-state index in [4.69, 9.17) is 9.72 Å². The number of ether oxygens (including phenoxy) is 1. The van der Waals surface area contributed by atoms with Crippen LogP contribution < -0.4 is 0 Å². The number of piperidine rings is 1. The zero-order valence-corrected chi connectivity index (χ0v) is 13.4. The van der Waals surface area contributed by atoms with E-state index in [1.54, 1.807) is 0 Å². The van der Waals surface area contributed by atoms with Crippen LogP contribution >= 0.6 is 0 Å². The van der Waals surface area contributed by atoms with Gasteiger partial charge in [-0.15, -0.1) is 0 Å². The predicted molar refractivity (Wildman–Crippen MR) is 88.1 cm³/mol. The van der Waals surface area contributed by atoms with Crippen LogP contribution in [0.15, 0.2) is 24.3 Å². The summed E-state index contributed by atoms with van der Waals surface area (Å²) in [7, 11) is 2.16. The Bertz CT molecular complexity index is 637. The molecule has 22 heavy (non-hydrogen) atoms. The molecule has 0 bridgehead atoms. The molecule has 1 aromatic heterocycles. The highest BCUT2D eigenvalue weighted by molar-refractivity contribution is 5.75. The van der Waals surface area contributed by atoms with Gasteiger partial charge in [-0.25, -0.2) is 4.98 Å². The third-order valence-corrected chi connectivity index (χ3v) is 5.31. The number of benzene rings is 1. The second-order valence-corrected chi connectivity index (χ2v) is 6.82. The van der Waals surface area contributed by atoms with Crippen LogP contribution in [0.2, 0.25) is 0 Å². The number of hydrogen-bond acceptors (Lipinski definition) is 3. The number of fused-ring (bicyclic) bond motifs is 1. The van der Waals surface area contributed by atoms with Crippen molar-refractivity contribution in [1.29, 1.82) is 0 Å². The molecule has 4 heteroatoms. The van der Waals surface area contributed by atoms with Crippen molar-refractivity contribution in [3.8, 4) is 0 Å². The quantitative estimate of drug-likeness (QED) is 0.873. The number of likely N-dealkylation sites (tertiary alicyclic amines) is 1. The first-order valence-electron chi connectivity index (χ1n) is 8.52. The summed E-state index contributed by atoms with van der Waals surface area (Å²) in [6.07, 6.45) is 3.69. The Morgan fingerprint density at radius 3 is 2.73 bits per heavy atom. The van der Waals surface area contributed by atoms with Crippen LogP contribution in [-0.2, 0) is 11.8 Å². The molecule has 0 aliphatic carbocycles. The average Bonchev–Trinajstić information content (AvgIpc) is 3.17. The van der Waals surface area contributed by atoms with Crippen LogP contribution in [0.25, 0.3) is 11.0 Å². The Labute approximate surface area is 132 Å². The maximum Gasteiger partial charge on any atom is 0.112 e. The van der Waals surface area contributed by atoms with Crippen molar-refractivity contribution in [2.75, 3.05) is 32.8 Å². The maximum atomic E-state index is 5.50. The van der Waals surface area contributed by atoms with Crippen LogP contribution in [0.4, 0.5) is 0 Å². The largest absolute Gasteiger partial charge is 0.381 e. The van der Waals surface area contributed by atoms with Gasteiger partial charge in [-0.05, 0) is 50.4 Å². The highest BCUT2D eigenvalue weighted by atomic mass is 16.5. The first-order chi connectivity index (χ1) is 10.8. The zero-order chi connectivity index (χ0) is 14.9. The monoisotopic (exact) mass is 299 g/mol. The average molecular weight is 299 g/mol. The van der Waals surface area contributed by atoms with E-state index in [0.717, 1.165) is 24.6 Å². The van der Waals surface area contributed by atoms with Crippen molar-refractivity contribution in [2.45, 2.75) is 25.2 Å². The zero-order valence-electron chi connectivity index (χ0n) is 13.4. The van der Waals surface area contributed by atoms with Gasteiger partial charge >= 0.3 is 0 Å². The summed E-state index contributed by atoms with van der Waals surface area (Å²) in [6.45, 7) is 5.54. The normalized spacial score (nSPS) is 24.3. The van der Waals surface area contributed by atoms with Gasteiger partial charge in [0.2, 0.25) is 0 Å². The summed E-state index contributed by atoms with van der Waals surface area (Å²) in [5.41, 5.74) is 2.38. The number of aryl methyl sites for hydroxylation is 1. The second kappa shape index (κ2) is 6.01. The summed E-state index contributed by atoms with van der Waals surface area (Å²) >= 11 is 0. The Balaban J connectivity index is 1.43. The predicted octanol–water partition coefficient (Wildman–Crippen LogP) is 2.79. The lowest BCUT2D eigenvalue weighted by atomic mass is 9.95.